The number of amides is 2. The van der Waals surface area contributed by atoms with Crippen molar-refractivity contribution in [2.24, 2.45) is 0 Å². The number of hydrogen-bond donors (Lipinski definition) is 1. The molecule has 1 aromatic rings. The van der Waals surface area contributed by atoms with Gasteiger partial charge in [-0.15, -0.1) is 13.2 Å². The monoisotopic (exact) mass is 301 g/mol. The van der Waals surface area contributed by atoms with Crippen molar-refractivity contribution < 1.29 is 27.5 Å². The summed E-state index contributed by atoms with van der Waals surface area (Å²) < 4.78 is 41.3. The molecule has 1 N–H and O–H groups in total. The first-order valence-electron chi connectivity index (χ1n) is 6.52. The highest BCUT2D eigenvalue weighted by atomic mass is 19.4. The number of carbonyl (C=O) groups excluding carboxylic acids is 2. The summed E-state index contributed by atoms with van der Waals surface area (Å²) in [6.45, 7) is 1.71. The Kier molecular flexibility index (Phi) is 4.20. The number of benzene rings is 1. The molecule has 0 bridgehead atoms. The molecule has 2 rings (SSSR count). The van der Waals surface area contributed by atoms with E-state index in [1.165, 1.54) is 12.1 Å². The number of halogens is 3. The molecule has 1 aliphatic rings. The summed E-state index contributed by atoms with van der Waals surface area (Å²) in [6.07, 6.45) is -3.96. The summed E-state index contributed by atoms with van der Waals surface area (Å²) in [4.78, 5) is 22.9. The van der Waals surface area contributed by atoms with E-state index in [0.717, 1.165) is 0 Å². The fourth-order valence-electron chi connectivity index (χ4n) is 2.31. The summed E-state index contributed by atoms with van der Waals surface area (Å²) in [6, 6.07) is 4.34. The van der Waals surface area contributed by atoms with Gasteiger partial charge in [0.1, 0.15) is 5.75 Å². The van der Waals surface area contributed by atoms with E-state index in [1.807, 2.05) is 0 Å². The van der Waals surface area contributed by atoms with Crippen LogP contribution in [0, 0.1) is 0 Å². The Labute approximate surface area is 119 Å². The minimum atomic E-state index is -4.78. The number of imide groups is 1. The number of rotatable bonds is 3. The zero-order valence-electron chi connectivity index (χ0n) is 11.3. The molecule has 1 heterocycles. The lowest BCUT2D eigenvalue weighted by atomic mass is 9.89. The van der Waals surface area contributed by atoms with Gasteiger partial charge in [-0.3, -0.25) is 14.9 Å². The standard InChI is InChI=1S/C14H14F3NO3/c1-2-8-3-4-9(7-11(8)21-14(15,16)17)10-5-6-12(19)18-13(10)20/h3-4,7,10H,2,5-6H2,1H3,(H,18,19,20). The highest BCUT2D eigenvalue weighted by Gasteiger charge is 2.33. The quantitative estimate of drug-likeness (QED) is 0.873. The van der Waals surface area contributed by atoms with Gasteiger partial charge in [0.2, 0.25) is 11.8 Å². The molecule has 1 aromatic carbocycles. The van der Waals surface area contributed by atoms with E-state index in [0.29, 0.717) is 17.5 Å². The van der Waals surface area contributed by atoms with E-state index in [4.69, 9.17) is 0 Å². The van der Waals surface area contributed by atoms with Crippen molar-refractivity contribution in [1.82, 2.24) is 5.32 Å². The molecule has 114 valence electrons. The lowest BCUT2D eigenvalue weighted by molar-refractivity contribution is -0.274. The molecule has 0 aromatic heterocycles. The molecular formula is C14H14F3NO3. The SMILES string of the molecule is CCc1ccc(C2CCC(=O)NC2=O)cc1OC(F)(F)F. The van der Waals surface area contributed by atoms with Crippen molar-refractivity contribution in [1.29, 1.82) is 0 Å². The van der Waals surface area contributed by atoms with E-state index in [2.05, 4.69) is 10.1 Å². The molecule has 0 spiro atoms. The Morgan fingerprint density at radius 3 is 2.62 bits per heavy atom. The molecule has 0 saturated carbocycles. The second-order valence-corrected chi connectivity index (χ2v) is 4.77. The van der Waals surface area contributed by atoms with Gasteiger partial charge in [0.25, 0.3) is 0 Å². The normalized spacial score (nSPS) is 19.3. The Morgan fingerprint density at radius 2 is 2.05 bits per heavy atom. The van der Waals surface area contributed by atoms with E-state index >= 15 is 0 Å². The first kappa shape index (κ1) is 15.3. The van der Waals surface area contributed by atoms with Gasteiger partial charge in [-0.2, -0.15) is 0 Å². The van der Waals surface area contributed by atoms with Crippen LogP contribution in [0.4, 0.5) is 13.2 Å². The first-order chi connectivity index (χ1) is 9.80. The van der Waals surface area contributed by atoms with Crippen molar-refractivity contribution >= 4 is 11.8 Å². The third kappa shape index (κ3) is 3.74. The van der Waals surface area contributed by atoms with Crippen LogP contribution in [-0.4, -0.2) is 18.2 Å². The molecule has 1 aliphatic heterocycles. The maximum Gasteiger partial charge on any atom is 0.573 e. The number of hydrogen-bond acceptors (Lipinski definition) is 3. The Balaban J connectivity index is 2.31. The molecule has 0 radical (unpaired) electrons. The van der Waals surface area contributed by atoms with Gasteiger partial charge in [0, 0.05) is 6.42 Å². The van der Waals surface area contributed by atoms with Gasteiger partial charge < -0.3 is 4.74 Å². The second-order valence-electron chi connectivity index (χ2n) is 4.77. The smallest absolute Gasteiger partial charge is 0.405 e. The number of piperidine rings is 1. The topological polar surface area (TPSA) is 55.4 Å². The van der Waals surface area contributed by atoms with Crippen molar-refractivity contribution in [3.63, 3.8) is 0 Å². The van der Waals surface area contributed by atoms with Crippen molar-refractivity contribution in [3.05, 3.63) is 29.3 Å². The van der Waals surface area contributed by atoms with Gasteiger partial charge in [0.05, 0.1) is 5.92 Å². The van der Waals surface area contributed by atoms with Crippen molar-refractivity contribution in [2.45, 2.75) is 38.5 Å². The highest BCUT2D eigenvalue weighted by molar-refractivity contribution is 6.00. The molecule has 7 heteroatoms. The molecule has 2 amide bonds. The first-order valence-corrected chi connectivity index (χ1v) is 6.52. The van der Waals surface area contributed by atoms with Crippen LogP contribution in [0.3, 0.4) is 0 Å². The van der Waals surface area contributed by atoms with Crippen LogP contribution in [-0.2, 0) is 16.0 Å². The van der Waals surface area contributed by atoms with Crippen LogP contribution in [0.15, 0.2) is 18.2 Å². The second kappa shape index (κ2) is 5.75. The zero-order chi connectivity index (χ0) is 15.6. The minimum Gasteiger partial charge on any atom is -0.405 e. The minimum absolute atomic E-state index is 0.168. The molecule has 4 nitrogen and oxygen atoms in total. The Morgan fingerprint density at radius 1 is 1.33 bits per heavy atom. The average Bonchev–Trinajstić information content (AvgIpc) is 2.36. The summed E-state index contributed by atoms with van der Waals surface area (Å²) in [5, 5.41) is 2.18. The van der Waals surface area contributed by atoms with Gasteiger partial charge >= 0.3 is 6.36 Å². The summed E-state index contributed by atoms with van der Waals surface area (Å²) in [7, 11) is 0. The molecule has 1 unspecified atom stereocenters. The molecule has 0 aliphatic carbocycles. The number of carbonyl (C=O) groups is 2. The summed E-state index contributed by atoms with van der Waals surface area (Å²) in [5.74, 6) is -1.79. The van der Waals surface area contributed by atoms with Gasteiger partial charge in [-0.05, 0) is 30.0 Å². The van der Waals surface area contributed by atoms with Crippen LogP contribution >= 0.6 is 0 Å². The van der Waals surface area contributed by atoms with E-state index in [9.17, 15) is 22.8 Å². The van der Waals surface area contributed by atoms with Crippen molar-refractivity contribution in [2.75, 3.05) is 0 Å². The van der Waals surface area contributed by atoms with Gasteiger partial charge in [-0.25, -0.2) is 0 Å². The van der Waals surface area contributed by atoms with Crippen molar-refractivity contribution in [3.8, 4) is 5.75 Å². The predicted octanol–water partition coefficient (Wildman–Crippen LogP) is 2.67. The van der Waals surface area contributed by atoms with Crippen LogP contribution < -0.4 is 10.1 Å². The van der Waals surface area contributed by atoms with E-state index in [1.54, 1.807) is 13.0 Å². The third-order valence-electron chi connectivity index (χ3n) is 3.34. The molecular weight excluding hydrogens is 287 g/mol. The van der Waals surface area contributed by atoms with E-state index < -0.39 is 18.2 Å². The van der Waals surface area contributed by atoms with Gasteiger partial charge in [0.15, 0.2) is 0 Å². The zero-order valence-corrected chi connectivity index (χ0v) is 11.3. The molecule has 1 fully saturated rings. The lowest BCUT2D eigenvalue weighted by Crippen LogP contribution is -2.39. The van der Waals surface area contributed by atoms with Crippen LogP contribution in [0.5, 0.6) is 5.75 Å². The maximum atomic E-state index is 12.4. The fraction of sp³-hybridized carbons (Fsp3) is 0.429. The molecule has 1 saturated heterocycles. The molecule has 1 atom stereocenters. The van der Waals surface area contributed by atoms with E-state index in [-0.39, 0.29) is 24.5 Å². The lowest BCUT2D eigenvalue weighted by Gasteiger charge is -2.22. The number of alkyl halides is 3. The largest absolute Gasteiger partial charge is 0.573 e. The average molecular weight is 301 g/mol. The number of nitrogens with one attached hydrogen (secondary N) is 1. The van der Waals surface area contributed by atoms with Gasteiger partial charge in [-0.1, -0.05) is 19.1 Å². The predicted molar refractivity (Wildman–Crippen MR) is 67.6 cm³/mol. The maximum absolute atomic E-state index is 12.4. The third-order valence-corrected chi connectivity index (χ3v) is 3.34. The number of aryl methyl sites for hydroxylation is 1. The molecule has 21 heavy (non-hydrogen) atoms. The van der Waals surface area contributed by atoms with Crippen LogP contribution in [0.2, 0.25) is 0 Å². The summed E-state index contributed by atoms with van der Waals surface area (Å²) >= 11 is 0. The van der Waals surface area contributed by atoms with Crippen LogP contribution in [0.25, 0.3) is 0 Å². The van der Waals surface area contributed by atoms with Crippen LogP contribution in [0.1, 0.15) is 36.8 Å². The number of ether oxygens (including phenoxy) is 1. The fourth-order valence-corrected chi connectivity index (χ4v) is 2.31. The highest BCUT2D eigenvalue weighted by Crippen LogP contribution is 2.32. The summed E-state index contributed by atoms with van der Waals surface area (Å²) in [5.41, 5.74) is 0.819. The Bertz CT molecular complexity index is 569. The Hall–Kier alpha value is -2.05.